The highest BCUT2D eigenvalue weighted by molar-refractivity contribution is 6.07. The lowest BCUT2D eigenvalue weighted by atomic mass is 9.68. The first-order chi connectivity index (χ1) is 16.9. The predicted octanol–water partition coefficient (Wildman–Crippen LogP) is 3.60. The number of benzene rings is 1. The first kappa shape index (κ1) is 26.1. The minimum Gasteiger partial charge on any atom is -0.461 e. The fraction of sp³-hybridized carbons (Fsp3) is 0.571. The lowest BCUT2D eigenvalue weighted by Gasteiger charge is -2.34. The molecule has 8 heteroatoms. The maximum Gasteiger partial charge on any atom is 0.320 e. The third-order valence-corrected chi connectivity index (χ3v) is 7.51. The van der Waals surface area contributed by atoms with E-state index < -0.39 is 11.3 Å². The van der Waals surface area contributed by atoms with Gasteiger partial charge in [0.15, 0.2) is 5.78 Å². The van der Waals surface area contributed by atoms with Gasteiger partial charge in [0.05, 0.1) is 17.5 Å². The Labute approximate surface area is 213 Å². The van der Waals surface area contributed by atoms with E-state index in [-0.39, 0.29) is 35.9 Å². The number of carbonyl (C=O) groups is 3. The Balaban J connectivity index is 1.52. The van der Waals surface area contributed by atoms with Crippen LogP contribution in [-0.2, 0) is 19.7 Å². The lowest BCUT2D eigenvalue weighted by Crippen LogP contribution is -2.35. The highest BCUT2D eigenvalue weighted by atomic mass is 16.5. The van der Waals surface area contributed by atoms with E-state index in [4.69, 9.17) is 10.5 Å². The molecule has 0 saturated heterocycles. The Morgan fingerprint density at radius 1 is 1.14 bits per heavy atom. The van der Waals surface area contributed by atoms with Crippen molar-refractivity contribution in [2.75, 3.05) is 26.0 Å². The van der Waals surface area contributed by atoms with E-state index >= 15 is 0 Å². The molecule has 8 nitrogen and oxygen atoms in total. The molecular formula is C28H38N4O4. The number of amides is 1. The van der Waals surface area contributed by atoms with Crippen molar-refractivity contribution in [1.29, 1.82) is 0 Å². The molecule has 1 aromatic rings. The summed E-state index contributed by atoms with van der Waals surface area (Å²) in [4.78, 5) is 43.8. The third-order valence-electron chi connectivity index (χ3n) is 7.51. The van der Waals surface area contributed by atoms with E-state index in [9.17, 15) is 14.4 Å². The van der Waals surface area contributed by atoms with Crippen molar-refractivity contribution in [2.24, 2.45) is 16.1 Å². The van der Waals surface area contributed by atoms with Gasteiger partial charge in [-0.25, -0.2) is 0 Å². The summed E-state index contributed by atoms with van der Waals surface area (Å²) in [5.74, 6) is -0.575. The molecule has 1 unspecified atom stereocenters. The second-order valence-corrected chi connectivity index (χ2v) is 11.7. The summed E-state index contributed by atoms with van der Waals surface area (Å²) in [6, 6.07) is 5.68. The first-order valence-electron chi connectivity index (χ1n) is 12.7. The van der Waals surface area contributed by atoms with Crippen LogP contribution < -0.4 is 11.1 Å². The van der Waals surface area contributed by atoms with Crippen LogP contribution in [0.4, 0.5) is 5.69 Å². The highest BCUT2D eigenvalue weighted by Gasteiger charge is 2.45. The molecule has 1 amide bonds. The summed E-state index contributed by atoms with van der Waals surface area (Å²) in [6.07, 6.45) is 6.19. The largest absolute Gasteiger partial charge is 0.461 e. The number of primary amides is 1. The molecule has 36 heavy (non-hydrogen) atoms. The van der Waals surface area contributed by atoms with Crippen LogP contribution in [0, 0.1) is 5.41 Å². The molecule has 1 heterocycles. The number of esters is 1. The van der Waals surface area contributed by atoms with E-state index in [2.05, 4.69) is 24.2 Å². The van der Waals surface area contributed by atoms with Gasteiger partial charge < -0.3 is 15.8 Å². The number of Topliss-reactive ketones (excluding diaryl/α,β-unsaturated/α-hetero) is 1. The second-order valence-electron chi connectivity index (χ2n) is 11.7. The molecule has 1 fully saturated rings. The van der Waals surface area contributed by atoms with Crippen molar-refractivity contribution in [3.8, 4) is 0 Å². The zero-order valence-corrected chi connectivity index (χ0v) is 22.0. The van der Waals surface area contributed by atoms with Crippen molar-refractivity contribution < 1.29 is 19.1 Å². The standard InChI is InChI=1S/C28H38N4O4/c1-27(2)13-22-25(23(33)14-27)28(3,16-30-22)17-6-11-20(26(29)35)21(12-17)31-18-7-9-19(10-8-18)36-24(34)15-32(4)5/h6,11-12,16,18-19,31H,7-10,13-15H2,1-5H3,(H2,29,35). The van der Waals surface area contributed by atoms with Crippen LogP contribution in [0.2, 0.25) is 0 Å². The Morgan fingerprint density at radius 3 is 2.47 bits per heavy atom. The van der Waals surface area contributed by atoms with Gasteiger partial charge in [-0.1, -0.05) is 19.9 Å². The average molecular weight is 495 g/mol. The molecule has 1 aromatic carbocycles. The van der Waals surface area contributed by atoms with Crippen LogP contribution in [0.3, 0.4) is 0 Å². The summed E-state index contributed by atoms with van der Waals surface area (Å²) in [7, 11) is 3.68. The van der Waals surface area contributed by atoms with Crippen LogP contribution in [0.15, 0.2) is 34.5 Å². The molecule has 1 aliphatic heterocycles. The van der Waals surface area contributed by atoms with E-state index in [1.165, 1.54) is 0 Å². The summed E-state index contributed by atoms with van der Waals surface area (Å²) in [5, 5.41) is 3.52. The number of aliphatic imine (C=N–C) groups is 1. The molecule has 3 aliphatic rings. The average Bonchev–Trinajstić information content (AvgIpc) is 3.11. The van der Waals surface area contributed by atoms with Crippen LogP contribution in [0.1, 0.15) is 75.2 Å². The van der Waals surface area contributed by atoms with Crippen LogP contribution in [0.25, 0.3) is 0 Å². The van der Waals surface area contributed by atoms with Crippen LogP contribution in [-0.4, -0.2) is 61.6 Å². The molecule has 4 rings (SSSR count). The predicted molar refractivity (Wildman–Crippen MR) is 140 cm³/mol. The van der Waals surface area contributed by atoms with Crippen LogP contribution >= 0.6 is 0 Å². The second kappa shape index (κ2) is 9.81. The van der Waals surface area contributed by atoms with Crippen molar-refractivity contribution in [3.63, 3.8) is 0 Å². The van der Waals surface area contributed by atoms with Gasteiger partial charge in [0, 0.05) is 35.6 Å². The molecular weight excluding hydrogens is 456 g/mol. The number of nitrogens with two attached hydrogens (primary N) is 1. The molecule has 3 N–H and O–H groups in total. The Bertz CT molecular complexity index is 1130. The quantitative estimate of drug-likeness (QED) is 0.560. The molecule has 194 valence electrons. The topological polar surface area (TPSA) is 114 Å². The normalized spacial score (nSPS) is 27.2. The van der Waals surface area contributed by atoms with Crippen molar-refractivity contribution in [2.45, 2.75) is 76.9 Å². The van der Waals surface area contributed by atoms with Gasteiger partial charge in [-0.15, -0.1) is 0 Å². The minimum atomic E-state index is -0.645. The van der Waals surface area contributed by atoms with E-state index in [1.807, 2.05) is 39.4 Å². The number of nitrogens with one attached hydrogen (secondary N) is 1. The van der Waals surface area contributed by atoms with Crippen molar-refractivity contribution >= 4 is 29.6 Å². The van der Waals surface area contributed by atoms with Crippen LogP contribution in [0.5, 0.6) is 0 Å². The summed E-state index contributed by atoms with van der Waals surface area (Å²) in [5.41, 5.74) is 8.58. The SMILES string of the molecule is CN(C)CC(=O)OC1CCC(Nc2cc(C3(C)C=NC4=C3C(=O)CC(C)(C)C4)ccc2C(N)=O)CC1. The van der Waals surface area contributed by atoms with E-state index in [0.717, 1.165) is 48.9 Å². The number of rotatable bonds is 7. The smallest absolute Gasteiger partial charge is 0.320 e. The minimum absolute atomic E-state index is 0.0852. The maximum atomic E-state index is 13.2. The lowest BCUT2D eigenvalue weighted by molar-refractivity contribution is -0.151. The molecule has 0 spiro atoms. The molecule has 0 radical (unpaired) electrons. The van der Waals surface area contributed by atoms with Gasteiger partial charge >= 0.3 is 5.97 Å². The number of carbonyl (C=O) groups excluding carboxylic acids is 3. The molecule has 2 aliphatic carbocycles. The number of hydrogen-bond donors (Lipinski definition) is 2. The van der Waals surface area contributed by atoms with Crippen molar-refractivity contribution in [3.05, 3.63) is 40.6 Å². The number of likely N-dealkylation sites (N-methyl/N-ethyl adjacent to an activating group) is 1. The number of hydrogen-bond acceptors (Lipinski definition) is 7. The van der Waals surface area contributed by atoms with Gasteiger partial charge in [-0.3, -0.25) is 24.3 Å². The fourth-order valence-electron chi connectivity index (χ4n) is 5.71. The van der Waals surface area contributed by atoms with E-state index in [1.54, 1.807) is 11.0 Å². The monoisotopic (exact) mass is 494 g/mol. The zero-order valence-electron chi connectivity index (χ0n) is 22.0. The number of allylic oxidation sites excluding steroid dienone is 2. The summed E-state index contributed by atoms with van der Waals surface area (Å²) < 4.78 is 5.60. The Kier molecular flexibility index (Phi) is 7.10. The van der Waals surface area contributed by atoms with Gasteiger partial charge in [0.1, 0.15) is 6.10 Å². The first-order valence-corrected chi connectivity index (χ1v) is 12.7. The van der Waals surface area contributed by atoms with Gasteiger partial charge in [-0.2, -0.15) is 0 Å². The van der Waals surface area contributed by atoms with Crippen molar-refractivity contribution in [1.82, 2.24) is 4.90 Å². The molecule has 0 aromatic heterocycles. The van der Waals surface area contributed by atoms with E-state index in [0.29, 0.717) is 17.7 Å². The summed E-state index contributed by atoms with van der Waals surface area (Å²) >= 11 is 0. The number of nitrogens with zero attached hydrogens (tertiary/aromatic N) is 2. The number of anilines is 1. The number of ether oxygens (including phenoxy) is 1. The fourth-order valence-corrected chi connectivity index (χ4v) is 5.71. The molecule has 1 saturated carbocycles. The Morgan fingerprint density at radius 2 is 1.83 bits per heavy atom. The summed E-state index contributed by atoms with van der Waals surface area (Å²) in [6.45, 7) is 6.49. The Hall–Kier alpha value is -3.00. The van der Waals surface area contributed by atoms with Gasteiger partial charge in [-0.05, 0) is 76.2 Å². The highest BCUT2D eigenvalue weighted by Crippen LogP contribution is 2.47. The van der Waals surface area contributed by atoms with Gasteiger partial charge in [0.2, 0.25) is 0 Å². The molecule has 1 atom stereocenters. The zero-order chi connectivity index (χ0) is 26.3. The number of ketones is 1. The third kappa shape index (κ3) is 5.38. The maximum absolute atomic E-state index is 13.2. The molecule has 0 bridgehead atoms. The van der Waals surface area contributed by atoms with Gasteiger partial charge in [0.25, 0.3) is 5.91 Å².